The Morgan fingerprint density at radius 2 is 1.81 bits per heavy atom. The molecule has 0 radical (unpaired) electrons. The zero-order chi connectivity index (χ0) is 22.8. The van der Waals surface area contributed by atoms with Gasteiger partial charge in [-0.05, 0) is 75.6 Å². The number of benzene rings is 2. The maximum atomic E-state index is 13.2. The Kier molecular flexibility index (Phi) is 6.35. The van der Waals surface area contributed by atoms with Crippen LogP contribution in [0.4, 0.5) is 15.8 Å². The Bertz CT molecular complexity index is 1090. The third kappa shape index (κ3) is 5.22. The largest absolute Gasteiger partial charge is 0.455 e. The number of aryl methyl sites for hydroxylation is 1. The molecule has 0 unspecified atom stereocenters. The summed E-state index contributed by atoms with van der Waals surface area (Å²) in [6.45, 7) is 4.89. The number of anilines is 2. The smallest absolute Gasteiger partial charge is 0.311 e. The van der Waals surface area contributed by atoms with Crippen molar-refractivity contribution in [1.82, 2.24) is 0 Å². The molecule has 3 rings (SSSR count). The summed E-state index contributed by atoms with van der Waals surface area (Å²) in [4.78, 5) is 24.0. The molecular formula is C22H25FN2O5S. The number of fused-ring (bicyclic) bond motifs is 1. The molecule has 1 aliphatic heterocycles. The van der Waals surface area contributed by atoms with E-state index in [1.54, 1.807) is 39.0 Å². The average Bonchev–Trinajstić information content (AvgIpc) is 2.71. The van der Waals surface area contributed by atoms with Gasteiger partial charge >= 0.3 is 5.97 Å². The van der Waals surface area contributed by atoms with Crippen LogP contribution in [0.3, 0.4) is 0 Å². The van der Waals surface area contributed by atoms with E-state index < -0.39 is 39.7 Å². The predicted octanol–water partition coefficient (Wildman–Crippen LogP) is 3.50. The minimum Gasteiger partial charge on any atom is -0.455 e. The number of nitrogens with one attached hydrogen (secondary N) is 1. The number of rotatable bonds is 5. The highest BCUT2D eigenvalue weighted by molar-refractivity contribution is 7.92. The highest BCUT2D eigenvalue weighted by Crippen LogP contribution is 2.34. The second-order valence-electron chi connectivity index (χ2n) is 8.35. The van der Waals surface area contributed by atoms with Gasteiger partial charge in [0.25, 0.3) is 15.9 Å². The van der Waals surface area contributed by atoms with Gasteiger partial charge in [0.15, 0.2) is 6.61 Å². The molecule has 0 bridgehead atoms. The Labute approximate surface area is 181 Å². The first kappa shape index (κ1) is 22.7. The molecule has 1 aliphatic rings. The molecule has 1 heterocycles. The number of amides is 1. The molecule has 0 aromatic heterocycles. The Morgan fingerprint density at radius 3 is 2.45 bits per heavy atom. The van der Waals surface area contributed by atoms with Gasteiger partial charge in [0.1, 0.15) is 5.82 Å². The minimum atomic E-state index is -3.89. The number of halogens is 1. The van der Waals surface area contributed by atoms with Crippen LogP contribution in [0.15, 0.2) is 47.4 Å². The molecular weight excluding hydrogens is 423 g/mol. The third-order valence-corrected chi connectivity index (χ3v) is 6.62. The van der Waals surface area contributed by atoms with Crippen molar-refractivity contribution in [3.8, 4) is 0 Å². The van der Waals surface area contributed by atoms with E-state index in [0.717, 1.165) is 17.7 Å². The van der Waals surface area contributed by atoms with E-state index in [1.165, 1.54) is 16.4 Å². The summed E-state index contributed by atoms with van der Waals surface area (Å²) in [5, 5.41) is 2.63. The van der Waals surface area contributed by atoms with Gasteiger partial charge in [-0.1, -0.05) is 6.07 Å². The second kappa shape index (κ2) is 8.66. The maximum absolute atomic E-state index is 13.2. The molecule has 31 heavy (non-hydrogen) atoms. The fourth-order valence-corrected chi connectivity index (χ4v) is 4.68. The van der Waals surface area contributed by atoms with Crippen molar-refractivity contribution in [3.63, 3.8) is 0 Å². The number of carbonyl (C=O) groups excluding carboxylic acids is 2. The van der Waals surface area contributed by atoms with Crippen LogP contribution in [-0.4, -0.2) is 33.4 Å². The van der Waals surface area contributed by atoms with E-state index in [4.69, 9.17) is 4.74 Å². The van der Waals surface area contributed by atoms with Gasteiger partial charge in [-0.25, -0.2) is 12.8 Å². The number of nitrogens with zero attached hydrogens (tertiary/aromatic N) is 1. The van der Waals surface area contributed by atoms with Crippen LogP contribution in [0.2, 0.25) is 0 Å². The number of esters is 1. The van der Waals surface area contributed by atoms with Crippen molar-refractivity contribution < 1.29 is 27.1 Å². The normalized spacial score (nSPS) is 14.0. The maximum Gasteiger partial charge on any atom is 0.311 e. The first-order valence-electron chi connectivity index (χ1n) is 9.87. The molecule has 2 aromatic carbocycles. The molecule has 9 heteroatoms. The van der Waals surface area contributed by atoms with Crippen molar-refractivity contribution >= 4 is 33.3 Å². The van der Waals surface area contributed by atoms with Gasteiger partial charge in [-0.2, -0.15) is 0 Å². The number of hydrogen-bond donors (Lipinski definition) is 1. The molecule has 166 valence electrons. The number of sulfonamides is 1. The van der Waals surface area contributed by atoms with Gasteiger partial charge in [0.05, 0.1) is 16.0 Å². The summed E-state index contributed by atoms with van der Waals surface area (Å²) in [6.07, 6.45) is 1.34. The van der Waals surface area contributed by atoms with Gasteiger partial charge in [-0.3, -0.25) is 13.9 Å². The van der Waals surface area contributed by atoms with E-state index in [0.29, 0.717) is 24.2 Å². The van der Waals surface area contributed by atoms with Crippen LogP contribution in [0, 0.1) is 11.2 Å². The van der Waals surface area contributed by atoms with Gasteiger partial charge in [-0.15, -0.1) is 0 Å². The van der Waals surface area contributed by atoms with Gasteiger partial charge < -0.3 is 10.1 Å². The molecule has 0 saturated heterocycles. The standard InChI is InChI=1S/C22H25FN2O5S/c1-22(2,3)21(27)30-14-20(26)24-17-9-6-15-5-4-12-25(19(15)13-17)31(28,29)18-10-7-16(23)8-11-18/h6-11,13H,4-5,12,14H2,1-3H3,(H,24,26). The Morgan fingerprint density at radius 1 is 1.13 bits per heavy atom. The summed E-state index contributed by atoms with van der Waals surface area (Å²) in [6, 6.07) is 9.69. The Balaban J connectivity index is 1.80. The fourth-order valence-electron chi connectivity index (χ4n) is 3.15. The summed E-state index contributed by atoms with van der Waals surface area (Å²) < 4.78 is 45.8. The van der Waals surface area contributed by atoms with Crippen molar-refractivity contribution in [3.05, 3.63) is 53.8 Å². The minimum absolute atomic E-state index is 0.00900. The zero-order valence-electron chi connectivity index (χ0n) is 17.6. The summed E-state index contributed by atoms with van der Waals surface area (Å²) >= 11 is 0. The molecule has 7 nitrogen and oxygen atoms in total. The summed E-state index contributed by atoms with van der Waals surface area (Å²) in [7, 11) is -3.89. The van der Waals surface area contributed by atoms with Crippen LogP contribution >= 0.6 is 0 Å². The van der Waals surface area contributed by atoms with Crippen molar-refractivity contribution in [2.45, 2.75) is 38.5 Å². The summed E-state index contributed by atoms with van der Waals surface area (Å²) in [5.41, 5.74) is 0.951. The van der Waals surface area contributed by atoms with Crippen LogP contribution in [0.25, 0.3) is 0 Å². The number of carbonyl (C=O) groups is 2. The predicted molar refractivity (Wildman–Crippen MR) is 115 cm³/mol. The molecule has 0 atom stereocenters. The molecule has 0 spiro atoms. The van der Waals surface area contributed by atoms with Gasteiger partial charge in [0, 0.05) is 12.2 Å². The van der Waals surface area contributed by atoms with Crippen LogP contribution < -0.4 is 9.62 Å². The fraction of sp³-hybridized carbons (Fsp3) is 0.364. The monoisotopic (exact) mass is 448 g/mol. The van der Waals surface area contributed by atoms with E-state index >= 15 is 0 Å². The lowest BCUT2D eigenvalue weighted by Crippen LogP contribution is -2.35. The first-order valence-corrected chi connectivity index (χ1v) is 11.3. The van der Waals surface area contributed by atoms with Crippen LogP contribution in [-0.2, 0) is 30.8 Å². The molecule has 1 N–H and O–H groups in total. The van der Waals surface area contributed by atoms with E-state index in [1.807, 2.05) is 0 Å². The van der Waals surface area contributed by atoms with Crippen molar-refractivity contribution in [2.24, 2.45) is 5.41 Å². The van der Waals surface area contributed by atoms with E-state index in [-0.39, 0.29) is 11.4 Å². The highest BCUT2D eigenvalue weighted by Gasteiger charge is 2.29. The number of hydrogen-bond acceptors (Lipinski definition) is 5. The zero-order valence-corrected chi connectivity index (χ0v) is 18.5. The lowest BCUT2D eigenvalue weighted by atomic mass is 9.97. The molecule has 0 saturated carbocycles. The second-order valence-corrected chi connectivity index (χ2v) is 10.2. The quantitative estimate of drug-likeness (QED) is 0.707. The average molecular weight is 449 g/mol. The highest BCUT2D eigenvalue weighted by atomic mass is 32.2. The summed E-state index contributed by atoms with van der Waals surface area (Å²) in [5.74, 6) is -1.54. The lowest BCUT2D eigenvalue weighted by Gasteiger charge is -2.31. The van der Waals surface area contributed by atoms with Gasteiger partial charge in [0.2, 0.25) is 0 Å². The lowest BCUT2D eigenvalue weighted by molar-refractivity contribution is -0.155. The van der Waals surface area contributed by atoms with Crippen molar-refractivity contribution in [2.75, 3.05) is 22.8 Å². The molecule has 0 fully saturated rings. The van der Waals surface area contributed by atoms with Crippen LogP contribution in [0.1, 0.15) is 32.8 Å². The SMILES string of the molecule is CC(C)(C)C(=O)OCC(=O)Nc1ccc2c(c1)N(S(=O)(=O)c1ccc(F)cc1)CCC2. The third-order valence-electron chi connectivity index (χ3n) is 4.79. The molecule has 0 aliphatic carbocycles. The molecule has 2 aromatic rings. The van der Waals surface area contributed by atoms with Crippen molar-refractivity contribution in [1.29, 1.82) is 0 Å². The Hall–Kier alpha value is -2.94. The van der Waals surface area contributed by atoms with Crippen LogP contribution in [0.5, 0.6) is 0 Å². The molecule has 1 amide bonds. The van der Waals surface area contributed by atoms with E-state index in [2.05, 4.69) is 5.32 Å². The first-order chi connectivity index (χ1) is 14.5. The van der Waals surface area contributed by atoms with E-state index in [9.17, 15) is 22.4 Å². The number of ether oxygens (including phenoxy) is 1. The topological polar surface area (TPSA) is 92.8 Å².